The average Bonchev–Trinajstić information content (AvgIpc) is 3.15. The summed E-state index contributed by atoms with van der Waals surface area (Å²) in [5.41, 5.74) is 0. The molecule has 0 saturated carbocycles. The van der Waals surface area contributed by atoms with Gasteiger partial charge in [-0.2, -0.15) is 4.31 Å². The summed E-state index contributed by atoms with van der Waals surface area (Å²) in [6.45, 7) is 2.18. The zero-order chi connectivity index (χ0) is 20.4. The van der Waals surface area contributed by atoms with E-state index in [9.17, 15) is 13.2 Å². The summed E-state index contributed by atoms with van der Waals surface area (Å²) in [7, 11) is -2.17. The minimum atomic E-state index is -3.73. The molecule has 2 fully saturated rings. The molecule has 1 aromatic rings. The molecule has 3 aliphatic heterocycles. The highest BCUT2D eigenvalue weighted by Gasteiger charge is 2.44. The van der Waals surface area contributed by atoms with Gasteiger partial charge >= 0.3 is 0 Å². The van der Waals surface area contributed by atoms with E-state index in [1.165, 1.54) is 4.31 Å². The number of benzene rings is 1. The maximum Gasteiger partial charge on any atom is 0.251 e. The second-order valence-electron chi connectivity index (χ2n) is 7.68. The van der Waals surface area contributed by atoms with Crippen molar-refractivity contribution in [2.24, 2.45) is 0 Å². The minimum Gasteiger partial charge on any atom is -0.487 e. The van der Waals surface area contributed by atoms with Gasteiger partial charge in [0, 0.05) is 39.8 Å². The van der Waals surface area contributed by atoms with Crippen molar-refractivity contribution in [1.82, 2.24) is 9.21 Å². The van der Waals surface area contributed by atoms with E-state index in [2.05, 4.69) is 0 Å². The second-order valence-corrected chi connectivity index (χ2v) is 9.54. The number of carbonyl (C=O) groups excluding carboxylic acids is 1. The summed E-state index contributed by atoms with van der Waals surface area (Å²) >= 11 is 0. The number of ether oxygens (including phenoxy) is 3. The maximum absolute atomic E-state index is 13.4. The van der Waals surface area contributed by atoms with E-state index in [4.69, 9.17) is 14.2 Å². The third-order valence-electron chi connectivity index (χ3n) is 5.92. The SMILES string of the molecule is COCCN1[C@H]2CCN(C(=O)[C@H]3CCCO3)CC[C@@H]2Oc2ccccc2S1(=O)=O. The summed E-state index contributed by atoms with van der Waals surface area (Å²) in [5.74, 6) is 0.381. The Morgan fingerprint density at radius 3 is 2.76 bits per heavy atom. The molecular formula is C20H28N2O6S. The van der Waals surface area contributed by atoms with Crippen molar-refractivity contribution in [2.75, 3.05) is 40.0 Å². The van der Waals surface area contributed by atoms with Crippen LogP contribution in [0.3, 0.4) is 0 Å². The molecule has 3 aliphatic rings. The summed E-state index contributed by atoms with van der Waals surface area (Å²) in [5, 5.41) is 0. The molecule has 0 N–H and O–H groups in total. The minimum absolute atomic E-state index is 0.00524. The topological polar surface area (TPSA) is 85.4 Å². The monoisotopic (exact) mass is 424 g/mol. The lowest BCUT2D eigenvalue weighted by atomic mass is 10.1. The number of hydrogen-bond acceptors (Lipinski definition) is 6. The molecule has 0 unspecified atom stereocenters. The first-order chi connectivity index (χ1) is 14.0. The number of methoxy groups -OCH3 is 1. The number of amides is 1. The third-order valence-corrected chi connectivity index (χ3v) is 7.89. The number of carbonyl (C=O) groups is 1. The van der Waals surface area contributed by atoms with E-state index >= 15 is 0 Å². The number of nitrogens with zero attached hydrogens (tertiary/aromatic N) is 2. The van der Waals surface area contributed by atoms with Gasteiger partial charge in [-0.25, -0.2) is 8.42 Å². The standard InChI is InChI=1S/C20H28N2O6S/c1-26-14-12-22-15-8-10-21(20(23)18-6-4-13-27-18)11-9-16(15)28-17-5-2-3-7-19(17)29(22,24)25/h2-3,5,7,15-16,18H,4,6,8-14H2,1H3/t15-,16-,18+/m0/s1. The molecule has 2 saturated heterocycles. The van der Waals surface area contributed by atoms with Gasteiger partial charge < -0.3 is 19.1 Å². The molecule has 0 aromatic heterocycles. The Bertz CT molecular complexity index is 839. The normalized spacial score (nSPS) is 29.3. The van der Waals surface area contributed by atoms with Crippen molar-refractivity contribution in [3.8, 4) is 5.75 Å². The van der Waals surface area contributed by atoms with Crippen LogP contribution in [0.2, 0.25) is 0 Å². The number of hydrogen-bond donors (Lipinski definition) is 0. The summed E-state index contributed by atoms with van der Waals surface area (Å²) in [6.07, 6.45) is 2.04. The second kappa shape index (κ2) is 8.59. The van der Waals surface area contributed by atoms with E-state index in [1.54, 1.807) is 36.3 Å². The van der Waals surface area contributed by atoms with Crippen molar-refractivity contribution < 1.29 is 27.4 Å². The molecule has 1 amide bonds. The predicted molar refractivity (Wildman–Crippen MR) is 105 cm³/mol. The first-order valence-electron chi connectivity index (χ1n) is 10.2. The zero-order valence-electron chi connectivity index (χ0n) is 16.7. The molecule has 0 bridgehead atoms. The van der Waals surface area contributed by atoms with Crippen LogP contribution in [0.4, 0.5) is 0 Å². The highest BCUT2D eigenvalue weighted by Crippen LogP contribution is 2.36. The van der Waals surface area contributed by atoms with Crippen LogP contribution in [0.25, 0.3) is 0 Å². The molecule has 4 rings (SSSR count). The molecule has 1 aromatic carbocycles. The lowest BCUT2D eigenvalue weighted by molar-refractivity contribution is -0.140. The third kappa shape index (κ3) is 4.01. The fourth-order valence-corrected chi connectivity index (χ4v) is 6.21. The molecular weight excluding hydrogens is 396 g/mol. The zero-order valence-corrected chi connectivity index (χ0v) is 17.5. The van der Waals surface area contributed by atoms with Gasteiger partial charge in [-0.1, -0.05) is 12.1 Å². The van der Waals surface area contributed by atoms with Crippen LogP contribution < -0.4 is 4.74 Å². The Hall–Kier alpha value is -1.68. The lowest BCUT2D eigenvalue weighted by Gasteiger charge is -2.31. The van der Waals surface area contributed by atoms with Gasteiger partial charge in [0.25, 0.3) is 5.91 Å². The van der Waals surface area contributed by atoms with Crippen LogP contribution in [0.15, 0.2) is 29.2 Å². The van der Waals surface area contributed by atoms with Gasteiger partial charge in [0.1, 0.15) is 22.9 Å². The van der Waals surface area contributed by atoms with Crippen LogP contribution in [-0.4, -0.2) is 81.7 Å². The van der Waals surface area contributed by atoms with Crippen molar-refractivity contribution in [3.05, 3.63) is 24.3 Å². The summed E-state index contributed by atoms with van der Waals surface area (Å²) in [4.78, 5) is 14.8. The van der Waals surface area contributed by atoms with Crippen LogP contribution >= 0.6 is 0 Å². The lowest BCUT2D eigenvalue weighted by Crippen LogP contribution is -2.48. The highest BCUT2D eigenvalue weighted by atomic mass is 32.2. The first-order valence-corrected chi connectivity index (χ1v) is 11.6. The molecule has 3 heterocycles. The number of sulfonamides is 1. The summed E-state index contributed by atoms with van der Waals surface area (Å²) in [6, 6.07) is 6.41. The van der Waals surface area contributed by atoms with Crippen LogP contribution in [-0.2, 0) is 24.3 Å². The first kappa shape index (κ1) is 20.6. The molecule has 29 heavy (non-hydrogen) atoms. The van der Waals surface area contributed by atoms with Crippen LogP contribution in [0, 0.1) is 0 Å². The molecule has 160 valence electrons. The summed E-state index contributed by atoms with van der Waals surface area (Å²) < 4.78 is 45.3. The van der Waals surface area contributed by atoms with E-state index in [0.717, 1.165) is 12.8 Å². The highest BCUT2D eigenvalue weighted by molar-refractivity contribution is 7.89. The number of fused-ring (bicyclic) bond motifs is 2. The molecule has 0 spiro atoms. The fourth-order valence-electron chi connectivity index (χ4n) is 4.42. The Morgan fingerprint density at radius 2 is 2.00 bits per heavy atom. The predicted octanol–water partition coefficient (Wildman–Crippen LogP) is 1.25. The number of para-hydroxylation sites is 1. The van der Waals surface area contributed by atoms with E-state index in [0.29, 0.717) is 44.9 Å². The van der Waals surface area contributed by atoms with Crippen molar-refractivity contribution >= 4 is 15.9 Å². The van der Waals surface area contributed by atoms with Gasteiger partial charge in [-0.15, -0.1) is 0 Å². The van der Waals surface area contributed by atoms with E-state index in [1.807, 2.05) is 0 Å². The van der Waals surface area contributed by atoms with Crippen molar-refractivity contribution in [3.63, 3.8) is 0 Å². The van der Waals surface area contributed by atoms with Crippen molar-refractivity contribution in [1.29, 1.82) is 0 Å². The molecule has 0 aliphatic carbocycles. The largest absolute Gasteiger partial charge is 0.487 e. The van der Waals surface area contributed by atoms with Crippen molar-refractivity contribution in [2.45, 2.75) is 48.8 Å². The van der Waals surface area contributed by atoms with Gasteiger partial charge in [0.2, 0.25) is 10.0 Å². The Kier molecular flexibility index (Phi) is 6.10. The molecule has 9 heteroatoms. The van der Waals surface area contributed by atoms with Gasteiger partial charge in [0.15, 0.2) is 0 Å². The molecule has 0 radical (unpaired) electrons. The smallest absolute Gasteiger partial charge is 0.251 e. The molecule has 8 nitrogen and oxygen atoms in total. The van der Waals surface area contributed by atoms with E-state index < -0.39 is 10.0 Å². The van der Waals surface area contributed by atoms with E-state index in [-0.39, 0.29) is 35.6 Å². The van der Waals surface area contributed by atoms with Gasteiger partial charge in [0.05, 0.1) is 12.6 Å². The van der Waals surface area contributed by atoms with Crippen LogP contribution in [0.5, 0.6) is 5.75 Å². The van der Waals surface area contributed by atoms with Gasteiger partial charge in [-0.3, -0.25) is 4.79 Å². The Morgan fingerprint density at radius 1 is 1.21 bits per heavy atom. The fraction of sp³-hybridized carbons (Fsp3) is 0.650. The number of likely N-dealkylation sites (tertiary alicyclic amines) is 1. The average molecular weight is 425 g/mol. The quantitative estimate of drug-likeness (QED) is 0.723. The van der Waals surface area contributed by atoms with Crippen LogP contribution in [0.1, 0.15) is 25.7 Å². The Balaban J connectivity index is 1.62. The molecule has 3 atom stereocenters. The maximum atomic E-state index is 13.4. The Labute approximate surface area is 171 Å². The van der Waals surface area contributed by atoms with Gasteiger partial charge in [-0.05, 0) is 31.4 Å². The number of rotatable bonds is 4.